The summed E-state index contributed by atoms with van der Waals surface area (Å²) in [4.78, 5) is 22.9. The summed E-state index contributed by atoms with van der Waals surface area (Å²) in [6.07, 6.45) is -0.394. The Morgan fingerprint density at radius 2 is 2.00 bits per heavy atom. The van der Waals surface area contributed by atoms with Gasteiger partial charge in [-0.2, -0.15) is 5.06 Å². The second-order valence-electron chi connectivity index (χ2n) is 4.04. The standard InChI is InChI=1S/C12H17FNO5P.Na/c1-2-19-20(17,18)9-3-4-12(15)14(16)11-7-5-10(13)6-8-11;/h5-8,16H,2-4,9H2,1H3,(H,17,18);/q;+1/p-1. The molecular weight excluding hydrogens is 311 g/mol. The van der Waals surface area contributed by atoms with Gasteiger partial charge in [-0.15, -0.1) is 0 Å². The first-order chi connectivity index (χ1) is 9.35. The van der Waals surface area contributed by atoms with Crippen LogP contribution in [-0.4, -0.2) is 23.9 Å². The number of hydroxylamine groups is 1. The van der Waals surface area contributed by atoms with Crippen LogP contribution in [0.1, 0.15) is 19.8 Å². The molecule has 0 fully saturated rings. The molecule has 1 amide bonds. The normalized spacial score (nSPS) is 13.1. The Morgan fingerprint density at radius 1 is 1.43 bits per heavy atom. The van der Waals surface area contributed by atoms with Gasteiger partial charge in [0.05, 0.1) is 12.3 Å². The average Bonchev–Trinajstić information content (AvgIpc) is 2.38. The number of hydrogen-bond donors (Lipinski definition) is 1. The quantitative estimate of drug-likeness (QED) is 0.298. The van der Waals surface area contributed by atoms with E-state index in [1.807, 2.05) is 0 Å². The van der Waals surface area contributed by atoms with E-state index < -0.39 is 19.3 Å². The molecule has 1 N–H and O–H groups in total. The molecule has 0 saturated carbocycles. The van der Waals surface area contributed by atoms with Crippen LogP contribution in [0.4, 0.5) is 10.1 Å². The van der Waals surface area contributed by atoms with Crippen LogP contribution in [0.25, 0.3) is 0 Å². The van der Waals surface area contributed by atoms with Crippen molar-refractivity contribution >= 4 is 19.2 Å². The SMILES string of the molecule is CCOP(=O)([O-])CCCC(=O)N(O)c1ccc(F)cc1.[Na+]. The minimum absolute atomic E-state index is 0. The van der Waals surface area contributed by atoms with E-state index >= 15 is 0 Å². The predicted octanol–water partition coefficient (Wildman–Crippen LogP) is -1.08. The van der Waals surface area contributed by atoms with Gasteiger partial charge in [0, 0.05) is 12.6 Å². The zero-order valence-electron chi connectivity index (χ0n) is 12.0. The number of anilines is 1. The smallest absolute Gasteiger partial charge is 0.778 e. The molecule has 1 rings (SSSR count). The Bertz CT molecular complexity index is 499. The third kappa shape index (κ3) is 7.51. The molecule has 0 radical (unpaired) electrons. The van der Waals surface area contributed by atoms with Gasteiger partial charge in [0.1, 0.15) is 13.4 Å². The van der Waals surface area contributed by atoms with Crippen molar-refractivity contribution in [3.63, 3.8) is 0 Å². The summed E-state index contributed by atoms with van der Waals surface area (Å²) in [6, 6.07) is 4.69. The molecule has 0 spiro atoms. The molecule has 21 heavy (non-hydrogen) atoms. The topological polar surface area (TPSA) is 89.9 Å². The van der Waals surface area contributed by atoms with Gasteiger partial charge in [0.15, 0.2) is 0 Å². The van der Waals surface area contributed by atoms with E-state index in [2.05, 4.69) is 4.52 Å². The molecule has 1 aromatic rings. The zero-order valence-corrected chi connectivity index (χ0v) is 14.9. The van der Waals surface area contributed by atoms with Crippen LogP contribution in [0.2, 0.25) is 0 Å². The van der Waals surface area contributed by atoms with Crippen molar-refractivity contribution in [3.8, 4) is 0 Å². The van der Waals surface area contributed by atoms with Gasteiger partial charge < -0.3 is 14.0 Å². The van der Waals surface area contributed by atoms with Crippen molar-refractivity contribution in [2.75, 3.05) is 17.8 Å². The molecule has 0 aliphatic rings. The maximum atomic E-state index is 12.7. The van der Waals surface area contributed by atoms with Gasteiger partial charge in [-0.1, -0.05) is 0 Å². The van der Waals surface area contributed by atoms with Gasteiger partial charge >= 0.3 is 29.6 Å². The fraction of sp³-hybridized carbons (Fsp3) is 0.417. The number of nitrogens with zero attached hydrogens (tertiary/aromatic N) is 1. The summed E-state index contributed by atoms with van der Waals surface area (Å²) in [6.45, 7) is 1.61. The summed E-state index contributed by atoms with van der Waals surface area (Å²) in [7, 11) is -3.91. The number of carbonyl (C=O) groups excluding carboxylic acids is 1. The largest absolute Gasteiger partial charge is 1.00 e. The van der Waals surface area contributed by atoms with E-state index in [9.17, 15) is 23.9 Å². The fourth-order valence-electron chi connectivity index (χ4n) is 1.52. The Balaban J connectivity index is 0.00000400. The van der Waals surface area contributed by atoms with E-state index in [1.54, 1.807) is 6.92 Å². The maximum Gasteiger partial charge on any atom is 1.00 e. The van der Waals surface area contributed by atoms with Crippen LogP contribution in [0.15, 0.2) is 24.3 Å². The molecule has 9 heteroatoms. The maximum absolute atomic E-state index is 12.7. The van der Waals surface area contributed by atoms with E-state index in [-0.39, 0.29) is 60.9 Å². The Labute approximate surface area is 144 Å². The monoisotopic (exact) mass is 327 g/mol. The van der Waals surface area contributed by atoms with E-state index in [4.69, 9.17) is 0 Å². The molecule has 0 saturated heterocycles. The molecule has 0 bridgehead atoms. The van der Waals surface area contributed by atoms with Gasteiger partial charge in [-0.3, -0.25) is 10.0 Å². The van der Waals surface area contributed by atoms with Gasteiger partial charge in [0.2, 0.25) is 0 Å². The molecule has 1 unspecified atom stereocenters. The van der Waals surface area contributed by atoms with Crippen molar-refractivity contribution < 1.29 is 57.9 Å². The van der Waals surface area contributed by atoms with Crippen LogP contribution in [0, 0.1) is 5.82 Å². The van der Waals surface area contributed by atoms with Crippen LogP contribution in [0.3, 0.4) is 0 Å². The van der Waals surface area contributed by atoms with Crippen molar-refractivity contribution in [1.29, 1.82) is 0 Å². The van der Waals surface area contributed by atoms with E-state index in [0.717, 1.165) is 12.1 Å². The number of carbonyl (C=O) groups is 1. The van der Waals surface area contributed by atoms with Gasteiger partial charge in [-0.05, 0) is 37.6 Å². The van der Waals surface area contributed by atoms with Gasteiger partial charge in [-0.25, -0.2) is 4.39 Å². The third-order valence-corrected chi connectivity index (χ3v) is 3.97. The van der Waals surface area contributed by atoms with Crippen LogP contribution < -0.4 is 39.5 Å². The Kier molecular flexibility index (Phi) is 9.56. The molecule has 0 heterocycles. The van der Waals surface area contributed by atoms with Crippen molar-refractivity contribution in [2.24, 2.45) is 0 Å². The van der Waals surface area contributed by atoms with Crippen LogP contribution in [-0.2, 0) is 13.9 Å². The third-order valence-electron chi connectivity index (χ3n) is 2.46. The van der Waals surface area contributed by atoms with Crippen LogP contribution >= 0.6 is 7.60 Å². The Hall–Kier alpha value is -0.270. The van der Waals surface area contributed by atoms with Crippen molar-refractivity contribution in [1.82, 2.24) is 0 Å². The summed E-state index contributed by atoms with van der Waals surface area (Å²) in [5.41, 5.74) is 0.117. The molecule has 1 aromatic carbocycles. The first-order valence-corrected chi connectivity index (χ1v) is 7.80. The predicted molar refractivity (Wildman–Crippen MR) is 69.0 cm³/mol. The van der Waals surface area contributed by atoms with Crippen molar-refractivity contribution in [3.05, 3.63) is 30.1 Å². The minimum atomic E-state index is -3.91. The Morgan fingerprint density at radius 3 is 2.52 bits per heavy atom. The summed E-state index contributed by atoms with van der Waals surface area (Å²) >= 11 is 0. The number of hydrogen-bond acceptors (Lipinski definition) is 5. The number of benzene rings is 1. The number of rotatable bonds is 7. The molecule has 0 aromatic heterocycles. The first kappa shape index (κ1) is 20.7. The van der Waals surface area contributed by atoms with E-state index in [1.165, 1.54) is 12.1 Å². The molecule has 6 nitrogen and oxygen atoms in total. The number of halogens is 1. The van der Waals surface area contributed by atoms with Crippen LogP contribution in [0.5, 0.6) is 0 Å². The van der Waals surface area contributed by atoms with E-state index in [0.29, 0.717) is 5.06 Å². The second-order valence-corrected chi connectivity index (χ2v) is 5.97. The summed E-state index contributed by atoms with van der Waals surface area (Å²) < 4.78 is 28.5. The fourth-order valence-corrected chi connectivity index (χ4v) is 2.59. The minimum Gasteiger partial charge on any atom is -0.778 e. The average molecular weight is 327 g/mol. The summed E-state index contributed by atoms with van der Waals surface area (Å²) in [5, 5.41) is 9.97. The number of amides is 1. The second kappa shape index (κ2) is 9.69. The van der Waals surface area contributed by atoms with Gasteiger partial charge in [0.25, 0.3) is 5.91 Å². The zero-order chi connectivity index (χ0) is 15.2. The molecule has 1 atom stereocenters. The molecule has 112 valence electrons. The molecule has 0 aliphatic heterocycles. The molecular formula is C12H16FNNaO5P. The molecule has 0 aliphatic carbocycles. The first-order valence-electron chi connectivity index (χ1n) is 6.07. The summed E-state index contributed by atoms with van der Waals surface area (Å²) in [5.74, 6) is -1.16. The van der Waals surface area contributed by atoms with Crippen molar-refractivity contribution in [2.45, 2.75) is 19.8 Å².